The van der Waals surface area contributed by atoms with Crippen LogP contribution in [0.1, 0.15) is 44.0 Å². The van der Waals surface area contributed by atoms with Gasteiger partial charge in [0, 0.05) is 13.1 Å². The highest BCUT2D eigenvalue weighted by molar-refractivity contribution is 5.97. The number of para-hydroxylation sites is 1. The lowest BCUT2D eigenvalue weighted by molar-refractivity contribution is 0.0731. The monoisotopic (exact) mass is 265 g/mol. The maximum Gasteiger partial charge on any atom is 0.257 e. The van der Waals surface area contributed by atoms with E-state index in [2.05, 4.69) is 13.8 Å². The molecule has 0 heterocycles. The molecule has 0 aromatic heterocycles. The lowest BCUT2D eigenvalue weighted by Gasteiger charge is -2.25. The van der Waals surface area contributed by atoms with Crippen molar-refractivity contribution in [2.24, 2.45) is 5.92 Å². The highest BCUT2D eigenvalue weighted by atomic mass is 16.3. The van der Waals surface area contributed by atoms with Gasteiger partial charge in [-0.2, -0.15) is 0 Å². The number of hydrogen-bond acceptors (Lipinski definition) is 3. The number of benzene rings is 1. The fraction of sp³-hybridized carbons (Fsp3) is 0.533. The minimum atomic E-state index is -0.338. The van der Waals surface area contributed by atoms with E-state index in [1.807, 2.05) is 6.92 Å². The zero-order valence-electron chi connectivity index (χ0n) is 11.9. The Kier molecular flexibility index (Phi) is 5.67. The van der Waals surface area contributed by atoms with Gasteiger partial charge in [0.2, 0.25) is 0 Å². The number of phenols is 2. The molecule has 0 aliphatic heterocycles. The maximum absolute atomic E-state index is 12.4. The summed E-state index contributed by atoms with van der Waals surface area (Å²) < 4.78 is 0. The summed E-state index contributed by atoms with van der Waals surface area (Å²) in [5.74, 6) is -0.369. The molecule has 1 aromatic carbocycles. The molecule has 4 heteroatoms. The van der Waals surface area contributed by atoms with E-state index in [1.54, 1.807) is 11.0 Å². The Morgan fingerprint density at radius 1 is 1.21 bits per heavy atom. The van der Waals surface area contributed by atoms with Crippen molar-refractivity contribution in [3.05, 3.63) is 23.8 Å². The first-order valence-corrected chi connectivity index (χ1v) is 6.85. The molecule has 1 rings (SSSR count). The fourth-order valence-electron chi connectivity index (χ4n) is 2.09. The van der Waals surface area contributed by atoms with Crippen LogP contribution in [0.25, 0.3) is 0 Å². The van der Waals surface area contributed by atoms with Gasteiger partial charge >= 0.3 is 0 Å². The number of nitrogens with zero attached hydrogens (tertiary/aromatic N) is 1. The van der Waals surface area contributed by atoms with Gasteiger partial charge < -0.3 is 15.1 Å². The van der Waals surface area contributed by atoms with Crippen molar-refractivity contribution < 1.29 is 15.0 Å². The van der Waals surface area contributed by atoms with Crippen LogP contribution in [-0.4, -0.2) is 34.1 Å². The number of phenolic OH excluding ortho intramolecular Hbond substituents is 2. The molecule has 0 atom stereocenters. The third-order valence-electron chi connectivity index (χ3n) is 3.55. The molecule has 0 aliphatic carbocycles. The van der Waals surface area contributed by atoms with Crippen LogP contribution in [-0.2, 0) is 0 Å². The van der Waals surface area contributed by atoms with E-state index in [0.717, 1.165) is 12.8 Å². The van der Waals surface area contributed by atoms with Crippen molar-refractivity contribution in [1.29, 1.82) is 0 Å². The summed E-state index contributed by atoms with van der Waals surface area (Å²) in [6, 6.07) is 4.46. The quantitative estimate of drug-likeness (QED) is 0.777. The fourth-order valence-corrected chi connectivity index (χ4v) is 2.09. The third-order valence-corrected chi connectivity index (χ3v) is 3.55. The highest BCUT2D eigenvalue weighted by Gasteiger charge is 2.21. The van der Waals surface area contributed by atoms with E-state index in [9.17, 15) is 15.0 Å². The lowest BCUT2D eigenvalue weighted by atomic mass is 10.0. The molecule has 4 nitrogen and oxygen atoms in total. The second kappa shape index (κ2) is 7.02. The molecule has 0 radical (unpaired) electrons. The Balaban J connectivity index is 2.92. The molecule has 1 aromatic rings. The maximum atomic E-state index is 12.4. The van der Waals surface area contributed by atoms with E-state index in [0.29, 0.717) is 19.0 Å². The Morgan fingerprint density at radius 3 is 2.37 bits per heavy atom. The van der Waals surface area contributed by atoms with Gasteiger partial charge in [-0.3, -0.25) is 4.79 Å². The van der Waals surface area contributed by atoms with Gasteiger partial charge in [-0.15, -0.1) is 0 Å². The SMILES string of the molecule is CCC(CC)CN(CC)C(=O)c1cccc(O)c1O. The Labute approximate surface area is 114 Å². The summed E-state index contributed by atoms with van der Waals surface area (Å²) in [6.07, 6.45) is 2.04. The first-order valence-electron chi connectivity index (χ1n) is 6.85. The van der Waals surface area contributed by atoms with E-state index < -0.39 is 0 Å². The van der Waals surface area contributed by atoms with Crippen LogP contribution < -0.4 is 0 Å². The molecule has 0 aliphatic rings. The molecule has 0 saturated carbocycles. The van der Waals surface area contributed by atoms with Gasteiger partial charge in [-0.05, 0) is 25.0 Å². The van der Waals surface area contributed by atoms with Crippen molar-refractivity contribution in [2.75, 3.05) is 13.1 Å². The van der Waals surface area contributed by atoms with E-state index in [-0.39, 0.29) is 23.0 Å². The number of rotatable bonds is 6. The van der Waals surface area contributed by atoms with Crippen LogP contribution >= 0.6 is 0 Å². The van der Waals surface area contributed by atoms with Crippen molar-refractivity contribution in [1.82, 2.24) is 4.90 Å². The molecule has 0 unspecified atom stereocenters. The Hall–Kier alpha value is -1.71. The number of carbonyl (C=O) groups excluding carboxylic acids is 1. The lowest BCUT2D eigenvalue weighted by Crippen LogP contribution is -2.35. The first kappa shape index (κ1) is 15.3. The number of amides is 1. The van der Waals surface area contributed by atoms with Gasteiger partial charge in [-0.25, -0.2) is 0 Å². The second-order valence-electron chi connectivity index (χ2n) is 4.70. The number of carbonyl (C=O) groups is 1. The Bertz CT molecular complexity index is 427. The first-order chi connectivity index (χ1) is 9.04. The molecular formula is C15H23NO3. The van der Waals surface area contributed by atoms with E-state index in [1.165, 1.54) is 12.1 Å². The normalized spacial score (nSPS) is 10.7. The van der Waals surface area contributed by atoms with Gasteiger partial charge in [0.15, 0.2) is 11.5 Å². The summed E-state index contributed by atoms with van der Waals surface area (Å²) >= 11 is 0. The number of aromatic hydroxyl groups is 2. The van der Waals surface area contributed by atoms with Crippen LogP contribution in [0.2, 0.25) is 0 Å². The molecule has 0 saturated heterocycles. The third kappa shape index (κ3) is 3.63. The van der Waals surface area contributed by atoms with Gasteiger partial charge in [0.05, 0.1) is 5.56 Å². The summed E-state index contributed by atoms with van der Waals surface area (Å²) in [5, 5.41) is 19.2. The average molecular weight is 265 g/mol. The molecule has 1 amide bonds. The predicted octanol–water partition coefficient (Wildman–Crippen LogP) is 3.00. The smallest absolute Gasteiger partial charge is 0.257 e. The van der Waals surface area contributed by atoms with Crippen LogP contribution in [0.5, 0.6) is 11.5 Å². The number of hydrogen-bond donors (Lipinski definition) is 2. The summed E-state index contributed by atoms with van der Waals surface area (Å²) in [4.78, 5) is 14.1. The molecule has 2 N–H and O–H groups in total. The van der Waals surface area contributed by atoms with Gasteiger partial charge in [0.1, 0.15) is 0 Å². The average Bonchev–Trinajstić information content (AvgIpc) is 2.43. The molecule has 0 fully saturated rings. The van der Waals surface area contributed by atoms with Crippen molar-refractivity contribution in [3.63, 3.8) is 0 Å². The summed E-state index contributed by atoms with van der Waals surface area (Å²) in [5.41, 5.74) is 0.160. The molecule has 106 valence electrons. The standard InChI is InChI=1S/C15H23NO3/c1-4-11(5-2)10-16(6-3)15(19)12-8-7-9-13(17)14(12)18/h7-9,11,17-18H,4-6,10H2,1-3H3. The van der Waals surface area contributed by atoms with Crippen molar-refractivity contribution in [2.45, 2.75) is 33.6 Å². The predicted molar refractivity (Wildman–Crippen MR) is 75.4 cm³/mol. The van der Waals surface area contributed by atoms with E-state index >= 15 is 0 Å². The molecule has 0 spiro atoms. The zero-order valence-corrected chi connectivity index (χ0v) is 11.9. The highest BCUT2D eigenvalue weighted by Crippen LogP contribution is 2.29. The second-order valence-corrected chi connectivity index (χ2v) is 4.70. The minimum Gasteiger partial charge on any atom is -0.504 e. The van der Waals surface area contributed by atoms with E-state index in [4.69, 9.17) is 0 Å². The Morgan fingerprint density at radius 2 is 1.84 bits per heavy atom. The van der Waals surface area contributed by atoms with Crippen LogP contribution in [0.15, 0.2) is 18.2 Å². The zero-order chi connectivity index (χ0) is 14.4. The summed E-state index contributed by atoms with van der Waals surface area (Å²) in [6.45, 7) is 7.40. The van der Waals surface area contributed by atoms with Crippen LogP contribution in [0.3, 0.4) is 0 Å². The largest absolute Gasteiger partial charge is 0.504 e. The van der Waals surface area contributed by atoms with Crippen molar-refractivity contribution >= 4 is 5.91 Å². The molecule has 19 heavy (non-hydrogen) atoms. The van der Waals surface area contributed by atoms with Gasteiger partial charge in [-0.1, -0.05) is 32.8 Å². The van der Waals surface area contributed by atoms with Crippen molar-refractivity contribution in [3.8, 4) is 11.5 Å². The van der Waals surface area contributed by atoms with Crippen LogP contribution in [0.4, 0.5) is 0 Å². The molecule has 0 bridgehead atoms. The topological polar surface area (TPSA) is 60.8 Å². The molecular weight excluding hydrogens is 242 g/mol. The minimum absolute atomic E-state index is 0.160. The summed E-state index contributed by atoms with van der Waals surface area (Å²) in [7, 11) is 0. The van der Waals surface area contributed by atoms with Gasteiger partial charge in [0.25, 0.3) is 5.91 Å². The van der Waals surface area contributed by atoms with Crippen LogP contribution in [0, 0.1) is 5.92 Å².